The minimum atomic E-state index is 0.310. The predicted octanol–water partition coefficient (Wildman–Crippen LogP) is 0.996. The van der Waals surface area contributed by atoms with Crippen LogP contribution in [0.1, 0.15) is 26.2 Å². The first-order valence-corrected chi connectivity index (χ1v) is 6.11. The Kier molecular flexibility index (Phi) is 5.03. The molecule has 0 bridgehead atoms. The zero-order chi connectivity index (χ0) is 11.4. The van der Waals surface area contributed by atoms with Crippen LogP contribution >= 0.6 is 0 Å². The Morgan fingerprint density at radius 1 is 1.47 bits per heavy atom. The van der Waals surface area contributed by atoms with E-state index in [1.807, 2.05) is 0 Å². The molecule has 1 rings (SSSR count). The molecule has 3 heteroatoms. The molecule has 0 spiro atoms. The smallest absolute Gasteiger partial charge is 0.0144 e. The van der Waals surface area contributed by atoms with Crippen molar-refractivity contribution in [2.45, 2.75) is 38.3 Å². The molecule has 3 unspecified atom stereocenters. The van der Waals surface area contributed by atoms with E-state index in [1.54, 1.807) is 0 Å². The average molecular weight is 213 g/mol. The summed E-state index contributed by atoms with van der Waals surface area (Å²) >= 11 is 0. The minimum absolute atomic E-state index is 0.310. The van der Waals surface area contributed by atoms with Gasteiger partial charge in [-0.1, -0.05) is 0 Å². The standard InChI is InChI=1S/C12H27N3/c1-10(13)8-12(14(2)3)11-6-5-7-15(4)9-11/h10-12H,5-9,13H2,1-4H3. The summed E-state index contributed by atoms with van der Waals surface area (Å²) in [5.74, 6) is 0.796. The van der Waals surface area contributed by atoms with Crippen LogP contribution in [0.5, 0.6) is 0 Å². The Hall–Kier alpha value is -0.120. The van der Waals surface area contributed by atoms with Gasteiger partial charge < -0.3 is 15.5 Å². The zero-order valence-corrected chi connectivity index (χ0v) is 10.7. The summed E-state index contributed by atoms with van der Waals surface area (Å²) in [7, 11) is 6.59. The van der Waals surface area contributed by atoms with Crippen molar-refractivity contribution < 1.29 is 0 Å². The Labute approximate surface area is 94.6 Å². The van der Waals surface area contributed by atoms with Gasteiger partial charge in [0.25, 0.3) is 0 Å². The molecule has 3 nitrogen and oxygen atoms in total. The van der Waals surface area contributed by atoms with Crippen LogP contribution in [-0.4, -0.2) is 56.1 Å². The van der Waals surface area contributed by atoms with Crippen molar-refractivity contribution in [3.63, 3.8) is 0 Å². The van der Waals surface area contributed by atoms with Gasteiger partial charge in [0, 0.05) is 18.6 Å². The van der Waals surface area contributed by atoms with Gasteiger partial charge in [0.1, 0.15) is 0 Å². The molecule has 1 heterocycles. The highest BCUT2D eigenvalue weighted by atomic mass is 15.1. The Bertz CT molecular complexity index is 180. The maximum Gasteiger partial charge on any atom is 0.0144 e. The minimum Gasteiger partial charge on any atom is -0.328 e. The Morgan fingerprint density at radius 2 is 2.13 bits per heavy atom. The van der Waals surface area contributed by atoms with Crippen LogP contribution in [0.3, 0.4) is 0 Å². The van der Waals surface area contributed by atoms with Gasteiger partial charge in [-0.15, -0.1) is 0 Å². The van der Waals surface area contributed by atoms with E-state index in [4.69, 9.17) is 5.73 Å². The van der Waals surface area contributed by atoms with Crippen molar-refractivity contribution in [2.24, 2.45) is 11.7 Å². The molecule has 2 N–H and O–H groups in total. The van der Waals surface area contributed by atoms with Crippen molar-refractivity contribution in [3.05, 3.63) is 0 Å². The highest BCUT2D eigenvalue weighted by Crippen LogP contribution is 2.23. The van der Waals surface area contributed by atoms with Gasteiger partial charge in [0.2, 0.25) is 0 Å². The summed E-state index contributed by atoms with van der Waals surface area (Å²) in [5.41, 5.74) is 5.93. The topological polar surface area (TPSA) is 32.5 Å². The number of hydrogen-bond donors (Lipinski definition) is 1. The van der Waals surface area contributed by atoms with Crippen molar-refractivity contribution in [1.29, 1.82) is 0 Å². The van der Waals surface area contributed by atoms with Crippen molar-refractivity contribution in [1.82, 2.24) is 9.80 Å². The molecule has 1 aliphatic heterocycles. The summed E-state index contributed by atoms with van der Waals surface area (Å²) in [6.45, 7) is 4.60. The van der Waals surface area contributed by atoms with Gasteiger partial charge in [-0.2, -0.15) is 0 Å². The quantitative estimate of drug-likeness (QED) is 0.756. The third kappa shape index (κ3) is 4.09. The Balaban J connectivity index is 2.54. The largest absolute Gasteiger partial charge is 0.328 e. The predicted molar refractivity (Wildman–Crippen MR) is 66.0 cm³/mol. The van der Waals surface area contributed by atoms with E-state index in [9.17, 15) is 0 Å². The molecule has 0 saturated carbocycles. The van der Waals surface area contributed by atoms with E-state index >= 15 is 0 Å². The molecule has 90 valence electrons. The fourth-order valence-corrected chi connectivity index (χ4v) is 2.73. The van der Waals surface area contributed by atoms with Gasteiger partial charge in [-0.3, -0.25) is 0 Å². The lowest BCUT2D eigenvalue weighted by Crippen LogP contribution is -2.46. The van der Waals surface area contributed by atoms with Crippen LogP contribution in [-0.2, 0) is 0 Å². The second-order valence-electron chi connectivity index (χ2n) is 5.41. The fraction of sp³-hybridized carbons (Fsp3) is 1.00. The van der Waals surface area contributed by atoms with Crippen LogP contribution < -0.4 is 5.73 Å². The van der Waals surface area contributed by atoms with E-state index < -0.39 is 0 Å². The fourth-order valence-electron chi connectivity index (χ4n) is 2.73. The Morgan fingerprint density at radius 3 is 2.60 bits per heavy atom. The van der Waals surface area contributed by atoms with E-state index in [2.05, 4.69) is 37.9 Å². The van der Waals surface area contributed by atoms with E-state index in [0.29, 0.717) is 12.1 Å². The van der Waals surface area contributed by atoms with E-state index in [-0.39, 0.29) is 0 Å². The maximum absolute atomic E-state index is 5.93. The third-order valence-corrected chi connectivity index (χ3v) is 3.48. The summed E-state index contributed by atoms with van der Waals surface area (Å²) in [5, 5.41) is 0. The molecule has 0 aromatic heterocycles. The molecule has 0 aromatic carbocycles. The molecule has 3 atom stereocenters. The summed E-state index contributed by atoms with van der Waals surface area (Å²) in [6.07, 6.45) is 3.82. The lowest BCUT2D eigenvalue weighted by molar-refractivity contribution is 0.112. The first kappa shape index (κ1) is 12.9. The summed E-state index contributed by atoms with van der Waals surface area (Å²) < 4.78 is 0. The third-order valence-electron chi connectivity index (χ3n) is 3.48. The maximum atomic E-state index is 5.93. The number of likely N-dealkylation sites (tertiary alicyclic amines) is 1. The molecule has 1 aliphatic rings. The monoisotopic (exact) mass is 213 g/mol. The van der Waals surface area contributed by atoms with Gasteiger partial charge in [-0.25, -0.2) is 0 Å². The molecule has 0 aromatic rings. The van der Waals surface area contributed by atoms with Crippen molar-refractivity contribution in [3.8, 4) is 0 Å². The molecule has 15 heavy (non-hydrogen) atoms. The number of nitrogens with two attached hydrogens (primary N) is 1. The van der Waals surface area contributed by atoms with Gasteiger partial charge >= 0.3 is 0 Å². The average Bonchev–Trinajstić information content (AvgIpc) is 2.13. The van der Waals surface area contributed by atoms with Crippen LogP contribution in [0.4, 0.5) is 0 Å². The lowest BCUT2D eigenvalue weighted by atomic mass is 9.87. The molecule has 0 aliphatic carbocycles. The number of hydrogen-bond acceptors (Lipinski definition) is 3. The molecular formula is C12H27N3. The molecule has 0 amide bonds. The second kappa shape index (κ2) is 5.83. The van der Waals surface area contributed by atoms with Crippen LogP contribution in [0.15, 0.2) is 0 Å². The molecule has 1 fully saturated rings. The van der Waals surface area contributed by atoms with E-state index in [1.165, 1.54) is 25.9 Å². The lowest BCUT2D eigenvalue weighted by Gasteiger charge is -2.39. The van der Waals surface area contributed by atoms with Gasteiger partial charge in [0.15, 0.2) is 0 Å². The van der Waals surface area contributed by atoms with E-state index in [0.717, 1.165) is 12.3 Å². The first-order chi connectivity index (χ1) is 7.00. The number of rotatable bonds is 4. The second-order valence-corrected chi connectivity index (χ2v) is 5.41. The molecular weight excluding hydrogens is 186 g/mol. The summed E-state index contributed by atoms with van der Waals surface area (Å²) in [4.78, 5) is 4.80. The van der Waals surface area contributed by atoms with Crippen LogP contribution in [0, 0.1) is 5.92 Å². The normalized spacial score (nSPS) is 28.0. The van der Waals surface area contributed by atoms with Crippen LogP contribution in [0.25, 0.3) is 0 Å². The van der Waals surface area contributed by atoms with Gasteiger partial charge in [0.05, 0.1) is 0 Å². The van der Waals surface area contributed by atoms with Crippen molar-refractivity contribution in [2.75, 3.05) is 34.2 Å². The van der Waals surface area contributed by atoms with Crippen LogP contribution in [0.2, 0.25) is 0 Å². The molecule has 1 saturated heterocycles. The highest BCUT2D eigenvalue weighted by molar-refractivity contribution is 4.83. The number of piperidine rings is 1. The zero-order valence-electron chi connectivity index (χ0n) is 10.7. The highest BCUT2D eigenvalue weighted by Gasteiger charge is 2.27. The first-order valence-electron chi connectivity index (χ1n) is 6.11. The molecule has 0 radical (unpaired) electrons. The SMILES string of the molecule is CC(N)CC(C1CCCN(C)C1)N(C)C. The summed E-state index contributed by atoms with van der Waals surface area (Å²) in [6, 6.07) is 0.956. The number of nitrogens with zero attached hydrogens (tertiary/aromatic N) is 2. The van der Waals surface area contributed by atoms with Crippen molar-refractivity contribution >= 4 is 0 Å². The van der Waals surface area contributed by atoms with Gasteiger partial charge in [-0.05, 0) is 59.8 Å².